The second kappa shape index (κ2) is 5.61. The molecule has 0 aliphatic heterocycles. The van der Waals surface area contributed by atoms with Crippen molar-refractivity contribution in [1.29, 1.82) is 0 Å². The van der Waals surface area contributed by atoms with Crippen molar-refractivity contribution in [1.82, 2.24) is 4.68 Å². The molecule has 19 heavy (non-hydrogen) atoms. The summed E-state index contributed by atoms with van der Waals surface area (Å²) in [6.45, 7) is 4.64. The van der Waals surface area contributed by atoms with E-state index in [-0.39, 0.29) is 5.97 Å². The van der Waals surface area contributed by atoms with Crippen LogP contribution in [0, 0.1) is 13.8 Å². The summed E-state index contributed by atoms with van der Waals surface area (Å²) in [5, 5.41) is 0. The lowest BCUT2D eigenvalue weighted by Gasteiger charge is -2.14. The van der Waals surface area contributed by atoms with Crippen molar-refractivity contribution in [3.63, 3.8) is 0 Å². The van der Waals surface area contributed by atoms with Gasteiger partial charge in [0, 0.05) is 11.4 Å². The van der Waals surface area contributed by atoms with Crippen LogP contribution in [-0.2, 0) is 11.3 Å². The summed E-state index contributed by atoms with van der Waals surface area (Å²) in [5.74, 6) is -0.307. The lowest BCUT2D eigenvalue weighted by molar-refractivity contribution is 0.0599. The molecule has 0 saturated carbocycles. The number of aryl methyl sites for hydroxylation is 2. The van der Waals surface area contributed by atoms with Gasteiger partial charge in [0.15, 0.2) is 0 Å². The third kappa shape index (κ3) is 2.78. The number of esters is 1. The molecule has 1 N–H and O–H groups in total. The molecule has 100 valence electrons. The van der Waals surface area contributed by atoms with Crippen molar-refractivity contribution >= 4 is 5.97 Å². The van der Waals surface area contributed by atoms with E-state index in [9.17, 15) is 4.79 Å². The highest BCUT2D eigenvalue weighted by Crippen LogP contribution is 2.11. The first-order valence-electron chi connectivity index (χ1n) is 6.18. The van der Waals surface area contributed by atoms with Gasteiger partial charge in [-0.15, -0.1) is 0 Å². The Morgan fingerprint density at radius 3 is 2.42 bits per heavy atom. The summed E-state index contributed by atoms with van der Waals surface area (Å²) < 4.78 is 6.80. The van der Waals surface area contributed by atoms with Crippen LogP contribution in [-0.4, -0.2) is 17.8 Å². The number of carbonyl (C=O) groups excluding carboxylic acids is 1. The first-order valence-corrected chi connectivity index (χ1v) is 6.18. The highest BCUT2D eigenvalue weighted by molar-refractivity contribution is 5.91. The Morgan fingerprint density at radius 2 is 1.79 bits per heavy atom. The summed E-state index contributed by atoms with van der Waals surface area (Å²) in [4.78, 5) is 11.7. The van der Waals surface area contributed by atoms with Crippen LogP contribution in [0.5, 0.6) is 0 Å². The molecule has 0 saturated heterocycles. The molecule has 0 unspecified atom stereocenters. The van der Waals surface area contributed by atoms with E-state index in [0.29, 0.717) is 12.1 Å². The van der Waals surface area contributed by atoms with Gasteiger partial charge in [-0.3, -0.25) is 4.68 Å². The zero-order valence-electron chi connectivity index (χ0n) is 11.4. The lowest BCUT2D eigenvalue weighted by Crippen LogP contribution is -2.18. The number of rotatable bonds is 4. The van der Waals surface area contributed by atoms with E-state index in [2.05, 4.69) is 17.6 Å². The van der Waals surface area contributed by atoms with E-state index in [0.717, 1.165) is 17.0 Å². The van der Waals surface area contributed by atoms with Gasteiger partial charge in [-0.25, -0.2) is 4.79 Å². The van der Waals surface area contributed by atoms with Gasteiger partial charge >= 0.3 is 5.97 Å². The molecule has 1 aromatic heterocycles. The fraction of sp³-hybridized carbons (Fsp3) is 0.267. The van der Waals surface area contributed by atoms with Crippen LogP contribution in [0.2, 0.25) is 0 Å². The Labute approximate surface area is 113 Å². The second-order valence-electron chi connectivity index (χ2n) is 4.44. The maximum absolute atomic E-state index is 11.7. The van der Waals surface area contributed by atoms with Gasteiger partial charge in [0.05, 0.1) is 19.2 Å². The van der Waals surface area contributed by atoms with Crippen molar-refractivity contribution in [3.8, 4) is 0 Å². The van der Waals surface area contributed by atoms with Crippen LogP contribution in [0.25, 0.3) is 0 Å². The second-order valence-corrected chi connectivity index (χ2v) is 4.44. The Hall–Kier alpha value is -2.23. The number of ether oxygens (including phenoxy) is 1. The molecule has 4 nitrogen and oxygen atoms in total. The van der Waals surface area contributed by atoms with E-state index in [1.54, 1.807) is 6.07 Å². The topological polar surface area (TPSA) is 43.3 Å². The number of benzene rings is 1. The number of nitrogens with one attached hydrogen (secondary N) is 1. The Balaban J connectivity index is 2.18. The van der Waals surface area contributed by atoms with Crippen molar-refractivity contribution < 1.29 is 9.53 Å². The highest BCUT2D eigenvalue weighted by atomic mass is 16.5. The number of carbonyl (C=O) groups is 1. The molecule has 1 heterocycles. The first kappa shape index (κ1) is 13.2. The molecular weight excluding hydrogens is 240 g/mol. The molecule has 0 spiro atoms. The third-order valence-corrected chi connectivity index (χ3v) is 3.12. The minimum absolute atomic E-state index is 0.307. The Kier molecular flexibility index (Phi) is 3.90. The third-order valence-electron chi connectivity index (χ3n) is 3.12. The minimum atomic E-state index is -0.307. The van der Waals surface area contributed by atoms with Crippen molar-refractivity contribution in [2.75, 3.05) is 12.5 Å². The molecule has 2 aromatic rings. The van der Waals surface area contributed by atoms with Gasteiger partial charge in [-0.2, -0.15) is 0 Å². The van der Waals surface area contributed by atoms with E-state index in [1.807, 2.05) is 36.7 Å². The molecule has 2 rings (SSSR count). The highest BCUT2D eigenvalue weighted by Gasteiger charge is 2.10. The van der Waals surface area contributed by atoms with Gasteiger partial charge in [0.25, 0.3) is 0 Å². The van der Waals surface area contributed by atoms with Crippen LogP contribution in [0.1, 0.15) is 27.3 Å². The average molecular weight is 258 g/mol. The summed E-state index contributed by atoms with van der Waals surface area (Å²) in [7, 11) is 1.40. The molecule has 0 aliphatic carbocycles. The van der Waals surface area contributed by atoms with Gasteiger partial charge < -0.3 is 10.2 Å². The van der Waals surface area contributed by atoms with E-state index < -0.39 is 0 Å². The standard InChI is InChI=1S/C15H18N2O2/c1-11-8-9-12(2)17(11)16-10-13-6-4-5-7-14(13)15(18)19-3/h4-9,16H,10H2,1-3H3. The molecule has 0 atom stereocenters. The normalized spacial score (nSPS) is 10.3. The Morgan fingerprint density at radius 1 is 1.16 bits per heavy atom. The molecular formula is C15H18N2O2. The van der Waals surface area contributed by atoms with E-state index >= 15 is 0 Å². The number of hydrogen-bond donors (Lipinski definition) is 1. The quantitative estimate of drug-likeness (QED) is 0.857. The SMILES string of the molecule is COC(=O)c1ccccc1CNn1c(C)ccc1C. The molecule has 1 aromatic carbocycles. The van der Waals surface area contributed by atoms with Crippen molar-refractivity contribution in [2.45, 2.75) is 20.4 Å². The van der Waals surface area contributed by atoms with E-state index in [1.165, 1.54) is 7.11 Å². The molecule has 0 aliphatic rings. The average Bonchev–Trinajstić information content (AvgIpc) is 2.75. The molecule has 0 radical (unpaired) electrons. The van der Waals surface area contributed by atoms with Crippen LogP contribution < -0.4 is 5.43 Å². The largest absolute Gasteiger partial charge is 0.465 e. The van der Waals surface area contributed by atoms with Crippen LogP contribution in [0.15, 0.2) is 36.4 Å². The maximum Gasteiger partial charge on any atom is 0.338 e. The van der Waals surface area contributed by atoms with Crippen LogP contribution in [0.4, 0.5) is 0 Å². The fourth-order valence-corrected chi connectivity index (χ4v) is 2.07. The van der Waals surface area contributed by atoms with Gasteiger partial charge in [-0.1, -0.05) is 18.2 Å². The number of methoxy groups -OCH3 is 1. The van der Waals surface area contributed by atoms with Gasteiger partial charge in [0.2, 0.25) is 0 Å². The lowest BCUT2D eigenvalue weighted by atomic mass is 10.1. The van der Waals surface area contributed by atoms with Crippen LogP contribution >= 0.6 is 0 Å². The predicted molar refractivity (Wildman–Crippen MR) is 74.8 cm³/mol. The Bertz CT molecular complexity index is 568. The molecule has 0 amide bonds. The van der Waals surface area contributed by atoms with Crippen molar-refractivity contribution in [2.24, 2.45) is 0 Å². The number of nitrogens with zero attached hydrogens (tertiary/aromatic N) is 1. The first-order chi connectivity index (χ1) is 9.13. The van der Waals surface area contributed by atoms with Crippen molar-refractivity contribution in [3.05, 3.63) is 58.9 Å². The van der Waals surface area contributed by atoms with E-state index in [4.69, 9.17) is 4.74 Å². The molecule has 0 bridgehead atoms. The zero-order chi connectivity index (χ0) is 13.8. The predicted octanol–water partition coefficient (Wildman–Crippen LogP) is 2.64. The summed E-state index contributed by atoms with van der Waals surface area (Å²) >= 11 is 0. The van der Waals surface area contributed by atoms with Gasteiger partial charge in [0.1, 0.15) is 0 Å². The number of hydrogen-bond acceptors (Lipinski definition) is 3. The minimum Gasteiger partial charge on any atom is -0.465 e. The molecule has 4 heteroatoms. The van der Waals surface area contributed by atoms with Crippen LogP contribution in [0.3, 0.4) is 0 Å². The van der Waals surface area contributed by atoms with Gasteiger partial charge in [-0.05, 0) is 37.6 Å². The smallest absolute Gasteiger partial charge is 0.338 e. The fourth-order valence-electron chi connectivity index (χ4n) is 2.07. The monoisotopic (exact) mass is 258 g/mol. The summed E-state index contributed by atoms with van der Waals surface area (Å²) in [5.41, 5.74) is 7.09. The zero-order valence-corrected chi connectivity index (χ0v) is 11.4. The summed E-state index contributed by atoms with van der Waals surface area (Å²) in [6.07, 6.45) is 0. The number of aromatic nitrogens is 1. The maximum atomic E-state index is 11.7. The molecule has 0 fully saturated rings. The summed E-state index contributed by atoms with van der Waals surface area (Å²) in [6, 6.07) is 11.6.